The molecule has 0 aromatic carbocycles. The van der Waals surface area contributed by atoms with Crippen molar-refractivity contribution in [2.24, 2.45) is 0 Å². The molecule has 1 N–H and O–H groups in total. The van der Waals surface area contributed by atoms with Crippen LogP contribution in [0.2, 0.25) is 0 Å². The van der Waals surface area contributed by atoms with Gasteiger partial charge in [-0.25, -0.2) is 0 Å². The fourth-order valence-corrected chi connectivity index (χ4v) is 2.42. The Balaban J connectivity index is 2.17. The van der Waals surface area contributed by atoms with Gasteiger partial charge in [0.2, 0.25) is 0 Å². The van der Waals surface area contributed by atoms with Gasteiger partial charge in [-0.05, 0) is 25.1 Å². The maximum atomic E-state index is 10.4. The van der Waals surface area contributed by atoms with Crippen LogP contribution in [0.4, 0.5) is 0 Å². The van der Waals surface area contributed by atoms with Crippen molar-refractivity contribution >= 4 is 17.7 Å². The zero-order chi connectivity index (χ0) is 9.52. The van der Waals surface area contributed by atoms with E-state index in [-0.39, 0.29) is 6.42 Å². The van der Waals surface area contributed by atoms with E-state index in [9.17, 15) is 4.79 Å². The molecule has 0 amide bonds. The Bertz CT molecular complexity index is 156. The first kappa shape index (κ1) is 10.9. The Morgan fingerprint density at radius 1 is 1.31 bits per heavy atom. The summed E-state index contributed by atoms with van der Waals surface area (Å²) in [6.07, 6.45) is 2.77. The van der Waals surface area contributed by atoms with Gasteiger partial charge in [-0.3, -0.25) is 4.79 Å². The van der Waals surface area contributed by atoms with Gasteiger partial charge in [0.25, 0.3) is 0 Å². The lowest BCUT2D eigenvalue weighted by Gasteiger charge is -2.23. The van der Waals surface area contributed by atoms with Crippen LogP contribution >= 0.6 is 11.8 Å². The molecule has 1 aliphatic heterocycles. The standard InChI is InChI=1S/C9H17NO2S/c11-9(12)3-5-10-4-1-2-7-13-8-6-10/h1-8H2,(H,11,12). The number of carboxylic acids is 1. The summed E-state index contributed by atoms with van der Waals surface area (Å²) in [4.78, 5) is 12.6. The van der Waals surface area contributed by atoms with Crippen molar-refractivity contribution in [1.82, 2.24) is 4.90 Å². The highest BCUT2D eigenvalue weighted by Gasteiger charge is 2.09. The van der Waals surface area contributed by atoms with Crippen molar-refractivity contribution in [3.05, 3.63) is 0 Å². The number of rotatable bonds is 3. The van der Waals surface area contributed by atoms with Crippen molar-refractivity contribution < 1.29 is 9.90 Å². The average molecular weight is 203 g/mol. The molecule has 13 heavy (non-hydrogen) atoms. The minimum Gasteiger partial charge on any atom is -0.481 e. The van der Waals surface area contributed by atoms with Gasteiger partial charge >= 0.3 is 5.97 Å². The highest BCUT2D eigenvalue weighted by molar-refractivity contribution is 7.99. The molecule has 0 radical (unpaired) electrons. The fourth-order valence-electron chi connectivity index (χ4n) is 1.42. The maximum absolute atomic E-state index is 10.4. The second kappa shape index (κ2) is 6.27. The van der Waals surface area contributed by atoms with Crippen molar-refractivity contribution in [3.63, 3.8) is 0 Å². The van der Waals surface area contributed by atoms with Crippen LogP contribution in [-0.4, -0.2) is 47.1 Å². The molecule has 0 aromatic rings. The Morgan fingerprint density at radius 3 is 2.92 bits per heavy atom. The van der Waals surface area contributed by atoms with E-state index in [1.54, 1.807) is 0 Å². The van der Waals surface area contributed by atoms with Crippen molar-refractivity contribution in [2.45, 2.75) is 19.3 Å². The molecule has 1 rings (SSSR count). The first-order chi connectivity index (χ1) is 6.29. The first-order valence-corrected chi connectivity index (χ1v) is 5.96. The van der Waals surface area contributed by atoms with Crippen LogP contribution in [0.15, 0.2) is 0 Å². The molecular formula is C9H17NO2S. The van der Waals surface area contributed by atoms with Crippen LogP contribution in [0.1, 0.15) is 19.3 Å². The van der Waals surface area contributed by atoms with E-state index in [0.29, 0.717) is 0 Å². The van der Waals surface area contributed by atoms with E-state index in [1.165, 1.54) is 18.6 Å². The molecular weight excluding hydrogens is 186 g/mol. The summed E-state index contributed by atoms with van der Waals surface area (Å²) in [5.41, 5.74) is 0. The van der Waals surface area contributed by atoms with Gasteiger partial charge in [-0.15, -0.1) is 0 Å². The second-order valence-corrected chi connectivity index (χ2v) is 4.53. The monoisotopic (exact) mass is 203 g/mol. The van der Waals surface area contributed by atoms with E-state index in [2.05, 4.69) is 4.90 Å². The third kappa shape index (κ3) is 5.16. The lowest BCUT2D eigenvalue weighted by atomic mass is 10.3. The van der Waals surface area contributed by atoms with Crippen LogP contribution in [0.3, 0.4) is 0 Å². The SMILES string of the molecule is O=C(O)CCN1CCCCSCC1. The van der Waals surface area contributed by atoms with Crippen LogP contribution in [0.25, 0.3) is 0 Å². The molecule has 0 bridgehead atoms. The van der Waals surface area contributed by atoms with Crippen LogP contribution in [-0.2, 0) is 4.79 Å². The van der Waals surface area contributed by atoms with E-state index in [4.69, 9.17) is 5.11 Å². The topological polar surface area (TPSA) is 40.5 Å². The molecule has 0 aromatic heterocycles. The molecule has 76 valence electrons. The summed E-state index contributed by atoms with van der Waals surface area (Å²) in [7, 11) is 0. The average Bonchev–Trinajstić information content (AvgIpc) is 2.01. The van der Waals surface area contributed by atoms with Gasteiger partial charge in [0.1, 0.15) is 0 Å². The van der Waals surface area contributed by atoms with Crippen LogP contribution in [0.5, 0.6) is 0 Å². The molecule has 1 saturated heterocycles. The summed E-state index contributed by atoms with van der Waals surface area (Å²) in [5.74, 6) is 1.74. The Hall–Kier alpha value is -0.220. The molecule has 0 aliphatic carbocycles. The normalized spacial score (nSPS) is 20.6. The molecule has 0 saturated carbocycles. The molecule has 1 fully saturated rings. The minimum atomic E-state index is -0.685. The number of aliphatic carboxylic acids is 1. The molecule has 0 atom stereocenters. The van der Waals surface area contributed by atoms with Crippen molar-refractivity contribution in [3.8, 4) is 0 Å². The van der Waals surface area contributed by atoms with Gasteiger partial charge in [0.15, 0.2) is 0 Å². The number of nitrogens with zero attached hydrogens (tertiary/aromatic N) is 1. The van der Waals surface area contributed by atoms with Gasteiger partial charge in [0, 0.05) is 18.8 Å². The number of carboxylic acid groups (broad SMARTS) is 1. The lowest BCUT2D eigenvalue weighted by Crippen LogP contribution is -2.31. The summed E-state index contributed by atoms with van der Waals surface area (Å²) in [6.45, 7) is 2.85. The zero-order valence-electron chi connectivity index (χ0n) is 7.87. The number of hydrogen-bond acceptors (Lipinski definition) is 3. The number of carbonyl (C=O) groups is 1. The number of hydrogen-bond donors (Lipinski definition) is 1. The molecule has 0 unspecified atom stereocenters. The molecule has 0 spiro atoms. The summed E-state index contributed by atoms with van der Waals surface area (Å²) in [5, 5.41) is 8.54. The molecule has 4 heteroatoms. The van der Waals surface area contributed by atoms with E-state index in [1.807, 2.05) is 11.8 Å². The van der Waals surface area contributed by atoms with E-state index >= 15 is 0 Å². The van der Waals surface area contributed by atoms with Gasteiger partial charge in [0.05, 0.1) is 6.42 Å². The summed E-state index contributed by atoms with van der Waals surface area (Å²) >= 11 is 1.98. The van der Waals surface area contributed by atoms with E-state index in [0.717, 1.165) is 25.4 Å². The predicted octanol–water partition coefficient (Wildman–Crippen LogP) is 1.29. The third-order valence-corrected chi connectivity index (χ3v) is 3.26. The minimum absolute atomic E-state index is 0.282. The van der Waals surface area contributed by atoms with Crippen molar-refractivity contribution in [2.75, 3.05) is 31.1 Å². The summed E-state index contributed by atoms with van der Waals surface area (Å²) < 4.78 is 0. The highest BCUT2D eigenvalue weighted by Crippen LogP contribution is 2.10. The zero-order valence-corrected chi connectivity index (χ0v) is 8.68. The molecule has 1 heterocycles. The van der Waals surface area contributed by atoms with Gasteiger partial charge in [-0.1, -0.05) is 0 Å². The van der Waals surface area contributed by atoms with Gasteiger partial charge in [-0.2, -0.15) is 11.8 Å². The fraction of sp³-hybridized carbons (Fsp3) is 0.889. The smallest absolute Gasteiger partial charge is 0.304 e. The summed E-state index contributed by atoms with van der Waals surface area (Å²) in [6, 6.07) is 0. The third-order valence-electron chi connectivity index (χ3n) is 2.21. The Kier molecular flexibility index (Phi) is 5.23. The largest absolute Gasteiger partial charge is 0.481 e. The lowest BCUT2D eigenvalue weighted by molar-refractivity contribution is -0.137. The van der Waals surface area contributed by atoms with Crippen LogP contribution < -0.4 is 0 Å². The molecule has 1 aliphatic rings. The van der Waals surface area contributed by atoms with E-state index < -0.39 is 5.97 Å². The Labute approximate surface area is 83.5 Å². The quantitative estimate of drug-likeness (QED) is 0.750. The maximum Gasteiger partial charge on any atom is 0.304 e. The predicted molar refractivity (Wildman–Crippen MR) is 55.3 cm³/mol. The number of thioether (sulfide) groups is 1. The van der Waals surface area contributed by atoms with Crippen molar-refractivity contribution in [1.29, 1.82) is 0 Å². The van der Waals surface area contributed by atoms with Crippen LogP contribution in [0, 0.1) is 0 Å². The molecule has 3 nitrogen and oxygen atoms in total. The highest BCUT2D eigenvalue weighted by atomic mass is 32.2. The van der Waals surface area contributed by atoms with Gasteiger partial charge < -0.3 is 10.0 Å². The first-order valence-electron chi connectivity index (χ1n) is 4.81. The second-order valence-electron chi connectivity index (χ2n) is 3.30. The Morgan fingerprint density at radius 2 is 2.15 bits per heavy atom.